The molecule has 31 heavy (non-hydrogen) atoms. The summed E-state index contributed by atoms with van der Waals surface area (Å²) in [7, 11) is 1.57. The molecule has 0 bridgehead atoms. The third-order valence-corrected chi connectivity index (χ3v) is 5.45. The van der Waals surface area contributed by atoms with Gasteiger partial charge in [-0.3, -0.25) is 9.59 Å². The summed E-state index contributed by atoms with van der Waals surface area (Å²) in [5.41, 5.74) is 3.64. The van der Waals surface area contributed by atoms with Gasteiger partial charge in [-0.15, -0.1) is 0 Å². The monoisotopic (exact) mass is 435 g/mol. The molecule has 0 saturated carbocycles. The highest BCUT2D eigenvalue weighted by molar-refractivity contribution is 7.99. The molecule has 0 aliphatic carbocycles. The number of nitrogens with zero attached hydrogens (tertiary/aromatic N) is 3. The molecular formula is C22H21N5O3S. The van der Waals surface area contributed by atoms with E-state index in [4.69, 9.17) is 4.74 Å². The van der Waals surface area contributed by atoms with Crippen LogP contribution >= 0.6 is 11.8 Å². The Morgan fingerprint density at radius 2 is 1.94 bits per heavy atom. The second-order valence-corrected chi connectivity index (χ2v) is 8.01. The molecule has 158 valence electrons. The van der Waals surface area contributed by atoms with Crippen molar-refractivity contribution in [2.75, 3.05) is 18.2 Å². The SMILES string of the molecule is COc1ccccc1-n1ncc2c(=O)[nH]c(SCC(=O)Nc3cc(C)cc(C)c3)nc21. The number of amides is 1. The number of fused-ring (bicyclic) bond motifs is 1. The Hall–Kier alpha value is -3.59. The number of carbonyl (C=O) groups excluding carboxylic acids is 1. The number of H-pyrrole nitrogens is 1. The number of methoxy groups -OCH3 is 1. The number of hydrogen-bond donors (Lipinski definition) is 2. The van der Waals surface area contributed by atoms with Crippen LogP contribution in [0.3, 0.4) is 0 Å². The number of rotatable bonds is 6. The van der Waals surface area contributed by atoms with E-state index in [2.05, 4.69) is 20.4 Å². The highest BCUT2D eigenvalue weighted by Crippen LogP contribution is 2.25. The molecule has 0 atom stereocenters. The average molecular weight is 436 g/mol. The van der Waals surface area contributed by atoms with Crippen molar-refractivity contribution in [2.24, 2.45) is 0 Å². The maximum Gasteiger partial charge on any atom is 0.262 e. The molecular weight excluding hydrogens is 414 g/mol. The first-order valence-corrected chi connectivity index (χ1v) is 10.6. The van der Waals surface area contributed by atoms with Gasteiger partial charge in [-0.25, -0.2) is 9.67 Å². The molecule has 0 aliphatic heterocycles. The third kappa shape index (κ3) is 4.46. The number of aromatic amines is 1. The quantitative estimate of drug-likeness (QED) is 0.355. The lowest BCUT2D eigenvalue weighted by Crippen LogP contribution is -2.16. The van der Waals surface area contributed by atoms with Crippen LogP contribution in [0.4, 0.5) is 5.69 Å². The molecule has 0 fully saturated rings. The number of thioether (sulfide) groups is 1. The van der Waals surface area contributed by atoms with Crippen LogP contribution in [-0.2, 0) is 4.79 Å². The van der Waals surface area contributed by atoms with E-state index in [1.165, 1.54) is 6.20 Å². The molecule has 0 aliphatic rings. The Morgan fingerprint density at radius 1 is 1.19 bits per heavy atom. The largest absolute Gasteiger partial charge is 0.494 e. The number of carbonyl (C=O) groups is 1. The fraction of sp³-hybridized carbons (Fsp3) is 0.182. The highest BCUT2D eigenvalue weighted by atomic mass is 32.2. The standard InChI is InChI=1S/C22H21N5O3S/c1-13-8-14(2)10-15(9-13)24-19(28)12-31-22-25-20-16(21(29)26-22)11-23-27(20)17-6-4-5-7-18(17)30-3/h4-11H,12H2,1-3H3,(H,24,28)(H,25,26,29). The fourth-order valence-corrected chi connectivity index (χ4v) is 3.98. The highest BCUT2D eigenvalue weighted by Gasteiger charge is 2.15. The summed E-state index contributed by atoms with van der Waals surface area (Å²) in [6, 6.07) is 13.2. The third-order valence-electron chi connectivity index (χ3n) is 4.58. The summed E-state index contributed by atoms with van der Waals surface area (Å²) >= 11 is 1.15. The minimum absolute atomic E-state index is 0.101. The van der Waals surface area contributed by atoms with Crippen LogP contribution in [0.2, 0.25) is 0 Å². The average Bonchev–Trinajstić information content (AvgIpc) is 3.16. The van der Waals surface area contributed by atoms with Crippen LogP contribution < -0.4 is 15.6 Å². The summed E-state index contributed by atoms with van der Waals surface area (Å²) in [5, 5.41) is 7.88. The Balaban J connectivity index is 1.57. The molecule has 2 aromatic heterocycles. The van der Waals surface area contributed by atoms with E-state index in [0.29, 0.717) is 27.6 Å². The summed E-state index contributed by atoms with van der Waals surface area (Å²) in [6.07, 6.45) is 1.47. The van der Waals surface area contributed by atoms with Gasteiger partial charge in [0.25, 0.3) is 5.56 Å². The van der Waals surface area contributed by atoms with Gasteiger partial charge < -0.3 is 15.0 Å². The van der Waals surface area contributed by atoms with Gasteiger partial charge in [-0.1, -0.05) is 30.0 Å². The first kappa shape index (κ1) is 20.7. The normalized spacial score (nSPS) is 10.9. The molecule has 1 amide bonds. The Kier molecular flexibility index (Phi) is 5.77. The smallest absolute Gasteiger partial charge is 0.262 e. The number of benzene rings is 2. The van der Waals surface area contributed by atoms with Crippen molar-refractivity contribution in [1.29, 1.82) is 0 Å². The van der Waals surface area contributed by atoms with E-state index in [0.717, 1.165) is 28.6 Å². The number of anilines is 1. The number of aryl methyl sites for hydroxylation is 2. The van der Waals surface area contributed by atoms with Gasteiger partial charge in [-0.05, 0) is 49.2 Å². The molecule has 2 aromatic carbocycles. The summed E-state index contributed by atoms with van der Waals surface area (Å²) < 4.78 is 6.96. The molecule has 4 aromatic rings. The van der Waals surface area contributed by atoms with Crippen LogP contribution in [0.5, 0.6) is 5.75 Å². The Morgan fingerprint density at radius 3 is 2.68 bits per heavy atom. The van der Waals surface area contributed by atoms with Gasteiger partial charge >= 0.3 is 0 Å². The lowest BCUT2D eigenvalue weighted by molar-refractivity contribution is -0.113. The van der Waals surface area contributed by atoms with Crippen LogP contribution in [0, 0.1) is 13.8 Å². The molecule has 4 rings (SSSR count). The lowest BCUT2D eigenvalue weighted by Gasteiger charge is -2.09. The van der Waals surface area contributed by atoms with Crippen molar-refractivity contribution in [1.82, 2.24) is 19.7 Å². The van der Waals surface area contributed by atoms with Gasteiger partial charge in [0.2, 0.25) is 5.91 Å². The van der Waals surface area contributed by atoms with Crippen molar-refractivity contribution in [3.8, 4) is 11.4 Å². The molecule has 9 heteroatoms. The lowest BCUT2D eigenvalue weighted by atomic mass is 10.1. The van der Waals surface area contributed by atoms with Crippen molar-refractivity contribution < 1.29 is 9.53 Å². The van der Waals surface area contributed by atoms with Gasteiger partial charge in [0.05, 0.1) is 19.1 Å². The minimum atomic E-state index is -0.316. The number of para-hydroxylation sites is 2. The second kappa shape index (κ2) is 8.65. The van der Waals surface area contributed by atoms with Crippen LogP contribution in [0.1, 0.15) is 11.1 Å². The van der Waals surface area contributed by atoms with Crippen LogP contribution in [0.25, 0.3) is 16.7 Å². The van der Waals surface area contributed by atoms with E-state index in [1.807, 2.05) is 56.3 Å². The summed E-state index contributed by atoms with van der Waals surface area (Å²) in [6.45, 7) is 3.96. The van der Waals surface area contributed by atoms with Crippen molar-refractivity contribution in [3.63, 3.8) is 0 Å². The van der Waals surface area contributed by atoms with Crippen molar-refractivity contribution in [3.05, 3.63) is 70.1 Å². The fourth-order valence-electron chi connectivity index (χ4n) is 3.33. The molecule has 0 radical (unpaired) electrons. The van der Waals surface area contributed by atoms with Crippen molar-refractivity contribution >= 4 is 34.4 Å². The zero-order valence-electron chi connectivity index (χ0n) is 17.3. The zero-order valence-corrected chi connectivity index (χ0v) is 18.1. The maximum absolute atomic E-state index is 12.5. The van der Waals surface area contributed by atoms with Gasteiger partial charge in [0.1, 0.15) is 16.8 Å². The first-order valence-electron chi connectivity index (χ1n) is 9.57. The number of nitrogens with one attached hydrogen (secondary N) is 2. The molecule has 2 N–H and O–H groups in total. The second-order valence-electron chi connectivity index (χ2n) is 7.05. The van der Waals surface area contributed by atoms with E-state index >= 15 is 0 Å². The predicted molar refractivity (Wildman–Crippen MR) is 121 cm³/mol. The number of hydrogen-bond acceptors (Lipinski definition) is 6. The molecule has 2 heterocycles. The van der Waals surface area contributed by atoms with E-state index < -0.39 is 0 Å². The van der Waals surface area contributed by atoms with Crippen molar-refractivity contribution in [2.45, 2.75) is 19.0 Å². The topological polar surface area (TPSA) is 102 Å². The Labute approximate surface area is 182 Å². The molecule has 0 unspecified atom stereocenters. The molecule has 8 nitrogen and oxygen atoms in total. The van der Waals surface area contributed by atoms with Crippen LogP contribution in [0.15, 0.2) is 58.6 Å². The molecule has 0 spiro atoms. The summed E-state index contributed by atoms with van der Waals surface area (Å²) in [5.74, 6) is 0.525. The predicted octanol–water partition coefficient (Wildman–Crippen LogP) is 3.47. The summed E-state index contributed by atoms with van der Waals surface area (Å²) in [4.78, 5) is 32.1. The molecule has 0 saturated heterocycles. The van der Waals surface area contributed by atoms with Gasteiger partial charge in [0, 0.05) is 5.69 Å². The number of ether oxygens (including phenoxy) is 1. The van der Waals surface area contributed by atoms with Gasteiger partial charge in [-0.2, -0.15) is 5.10 Å². The first-order chi connectivity index (χ1) is 14.9. The van der Waals surface area contributed by atoms with E-state index in [1.54, 1.807) is 11.8 Å². The minimum Gasteiger partial charge on any atom is -0.494 e. The van der Waals surface area contributed by atoms with Crippen LogP contribution in [-0.4, -0.2) is 38.5 Å². The van der Waals surface area contributed by atoms with E-state index in [-0.39, 0.29) is 17.2 Å². The maximum atomic E-state index is 12.5. The van der Waals surface area contributed by atoms with E-state index in [9.17, 15) is 9.59 Å². The zero-order chi connectivity index (χ0) is 22.0. The Bertz CT molecular complexity index is 1310. The number of aromatic nitrogens is 4. The van der Waals surface area contributed by atoms with Gasteiger partial charge in [0.15, 0.2) is 10.8 Å².